The van der Waals surface area contributed by atoms with Gasteiger partial charge in [-0.2, -0.15) is 0 Å². The van der Waals surface area contributed by atoms with Crippen LogP contribution < -0.4 is 0 Å². The number of aliphatic hydroxyl groups is 1. The lowest BCUT2D eigenvalue weighted by molar-refractivity contribution is -0.130. The van der Waals surface area contributed by atoms with Gasteiger partial charge in [0.25, 0.3) is 0 Å². The highest BCUT2D eigenvalue weighted by Crippen LogP contribution is 2.44. The fourth-order valence-electron chi connectivity index (χ4n) is 4.32. The summed E-state index contributed by atoms with van der Waals surface area (Å²) in [5.74, 6) is 1.03. The standard InChI is InChI=1S/C19H27NO2/c1-2-19(22)12-6-9-16-13-20(14-17(16)19)18(21)11-10-15-7-4-3-5-8-15/h3-5,7-8,16-17,22H,2,6,9-14H2,1H3/t16-,17+,19-/m1/s1. The molecule has 3 heteroatoms. The number of benzene rings is 1. The van der Waals surface area contributed by atoms with E-state index < -0.39 is 5.60 Å². The van der Waals surface area contributed by atoms with Crippen molar-refractivity contribution < 1.29 is 9.90 Å². The lowest BCUT2D eigenvalue weighted by atomic mass is 9.69. The van der Waals surface area contributed by atoms with Gasteiger partial charge in [0.05, 0.1) is 5.60 Å². The molecule has 120 valence electrons. The van der Waals surface area contributed by atoms with E-state index in [1.165, 1.54) is 5.56 Å². The zero-order valence-electron chi connectivity index (χ0n) is 13.5. The molecule has 0 radical (unpaired) electrons. The zero-order chi connectivity index (χ0) is 15.6. The van der Waals surface area contributed by atoms with Gasteiger partial charge in [-0.3, -0.25) is 4.79 Å². The van der Waals surface area contributed by atoms with Gasteiger partial charge in [0, 0.05) is 25.4 Å². The first-order chi connectivity index (χ1) is 10.6. The summed E-state index contributed by atoms with van der Waals surface area (Å²) in [5.41, 5.74) is 0.676. The van der Waals surface area contributed by atoms with Crippen LogP contribution in [0.15, 0.2) is 30.3 Å². The maximum absolute atomic E-state index is 12.5. The maximum atomic E-state index is 12.5. The number of hydrogen-bond donors (Lipinski definition) is 1. The largest absolute Gasteiger partial charge is 0.390 e. The Morgan fingerprint density at radius 1 is 1.32 bits per heavy atom. The molecular formula is C19H27NO2. The van der Waals surface area contributed by atoms with Crippen molar-refractivity contribution in [3.63, 3.8) is 0 Å². The van der Waals surface area contributed by atoms with E-state index in [4.69, 9.17) is 0 Å². The first kappa shape index (κ1) is 15.5. The molecule has 1 aromatic rings. The minimum atomic E-state index is -0.544. The second-order valence-corrected chi connectivity index (χ2v) is 7.00. The summed E-state index contributed by atoms with van der Waals surface area (Å²) in [7, 11) is 0. The third-order valence-corrected chi connectivity index (χ3v) is 5.75. The van der Waals surface area contributed by atoms with E-state index in [2.05, 4.69) is 19.1 Å². The Morgan fingerprint density at radius 3 is 2.82 bits per heavy atom. The van der Waals surface area contributed by atoms with Crippen LogP contribution in [0.25, 0.3) is 0 Å². The van der Waals surface area contributed by atoms with E-state index >= 15 is 0 Å². The van der Waals surface area contributed by atoms with Crippen molar-refractivity contribution >= 4 is 5.91 Å². The maximum Gasteiger partial charge on any atom is 0.222 e. The molecule has 2 fully saturated rings. The SMILES string of the molecule is CC[C@@]1(O)CCC[C@@H]2CN(C(=O)CCc3ccccc3)C[C@@H]21. The molecule has 0 unspecified atom stereocenters. The molecule has 0 spiro atoms. The van der Waals surface area contributed by atoms with Crippen LogP contribution in [-0.4, -0.2) is 34.6 Å². The van der Waals surface area contributed by atoms with Crippen LogP contribution in [0.2, 0.25) is 0 Å². The molecule has 1 aromatic carbocycles. The van der Waals surface area contributed by atoms with Crippen LogP contribution >= 0.6 is 0 Å². The van der Waals surface area contributed by atoms with Crippen molar-refractivity contribution in [2.24, 2.45) is 11.8 Å². The summed E-state index contributed by atoms with van der Waals surface area (Å²) >= 11 is 0. The van der Waals surface area contributed by atoms with Crippen LogP contribution in [0, 0.1) is 11.8 Å². The van der Waals surface area contributed by atoms with Crippen molar-refractivity contribution in [1.82, 2.24) is 4.90 Å². The number of carbonyl (C=O) groups is 1. The second kappa shape index (κ2) is 6.41. The lowest BCUT2D eigenvalue weighted by Crippen LogP contribution is -2.44. The fourth-order valence-corrected chi connectivity index (χ4v) is 4.32. The smallest absolute Gasteiger partial charge is 0.222 e. The van der Waals surface area contributed by atoms with E-state index in [1.54, 1.807) is 0 Å². The summed E-state index contributed by atoms with van der Waals surface area (Å²) in [4.78, 5) is 14.5. The van der Waals surface area contributed by atoms with Crippen LogP contribution in [0.3, 0.4) is 0 Å². The molecule has 1 heterocycles. The highest BCUT2D eigenvalue weighted by molar-refractivity contribution is 5.76. The molecule has 1 saturated heterocycles. The third kappa shape index (κ3) is 3.05. The predicted molar refractivity (Wildman–Crippen MR) is 87.4 cm³/mol. The average molecular weight is 301 g/mol. The quantitative estimate of drug-likeness (QED) is 0.928. The molecule has 0 aromatic heterocycles. The third-order valence-electron chi connectivity index (χ3n) is 5.75. The molecule has 0 bridgehead atoms. The van der Waals surface area contributed by atoms with Gasteiger partial charge in [0.2, 0.25) is 5.91 Å². The Hall–Kier alpha value is -1.35. The molecular weight excluding hydrogens is 274 g/mol. The molecule has 1 N–H and O–H groups in total. The van der Waals surface area contributed by atoms with Crippen LogP contribution in [0.4, 0.5) is 0 Å². The first-order valence-corrected chi connectivity index (χ1v) is 8.66. The molecule has 3 atom stereocenters. The minimum absolute atomic E-state index is 0.247. The van der Waals surface area contributed by atoms with Gasteiger partial charge < -0.3 is 10.0 Å². The number of nitrogens with zero attached hydrogens (tertiary/aromatic N) is 1. The van der Waals surface area contributed by atoms with Crippen LogP contribution in [0.5, 0.6) is 0 Å². The van der Waals surface area contributed by atoms with E-state index in [0.717, 1.165) is 45.2 Å². The zero-order valence-corrected chi connectivity index (χ0v) is 13.5. The Bertz CT molecular complexity index is 515. The fraction of sp³-hybridized carbons (Fsp3) is 0.632. The van der Waals surface area contributed by atoms with E-state index in [9.17, 15) is 9.90 Å². The van der Waals surface area contributed by atoms with Gasteiger partial charge in [0.1, 0.15) is 0 Å². The van der Waals surface area contributed by atoms with Gasteiger partial charge in [-0.15, -0.1) is 0 Å². The summed E-state index contributed by atoms with van der Waals surface area (Å²) in [5, 5.41) is 10.8. The van der Waals surface area contributed by atoms with Crippen molar-refractivity contribution in [1.29, 1.82) is 0 Å². The number of amides is 1. The van der Waals surface area contributed by atoms with Crippen molar-refractivity contribution in [3.05, 3.63) is 35.9 Å². The van der Waals surface area contributed by atoms with Gasteiger partial charge in [-0.05, 0) is 37.2 Å². The van der Waals surface area contributed by atoms with E-state index in [-0.39, 0.29) is 11.8 Å². The Labute approximate surface area is 133 Å². The van der Waals surface area contributed by atoms with Crippen LogP contribution in [-0.2, 0) is 11.2 Å². The summed E-state index contributed by atoms with van der Waals surface area (Å²) in [6, 6.07) is 10.2. The average Bonchev–Trinajstić information content (AvgIpc) is 3.00. The van der Waals surface area contributed by atoms with Gasteiger partial charge in [-0.1, -0.05) is 43.7 Å². The summed E-state index contributed by atoms with van der Waals surface area (Å²) in [6.45, 7) is 3.67. The number of fused-ring (bicyclic) bond motifs is 1. The van der Waals surface area contributed by atoms with E-state index in [0.29, 0.717) is 12.3 Å². The van der Waals surface area contributed by atoms with Gasteiger partial charge in [-0.25, -0.2) is 0 Å². The number of rotatable bonds is 4. The highest BCUT2D eigenvalue weighted by atomic mass is 16.3. The minimum Gasteiger partial charge on any atom is -0.390 e. The Balaban J connectivity index is 1.58. The van der Waals surface area contributed by atoms with Gasteiger partial charge >= 0.3 is 0 Å². The Kier molecular flexibility index (Phi) is 4.53. The molecule has 1 amide bonds. The number of carbonyl (C=O) groups excluding carboxylic acids is 1. The molecule has 2 aliphatic rings. The van der Waals surface area contributed by atoms with Crippen molar-refractivity contribution in [2.45, 2.75) is 51.0 Å². The van der Waals surface area contributed by atoms with Crippen molar-refractivity contribution in [3.8, 4) is 0 Å². The molecule has 22 heavy (non-hydrogen) atoms. The molecule has 1 saturated carbocycles. The predicted octanol–water partition coefficient (Wildman–Crippen LogP) is 3.02. The highest BCUT2D eigenvalue weighted by Gasteiger charge is 2.48. The Morgan fingerprint density at radius 2 is 2.09 bits per heavy atom. The molecule has 3 rings (SSSR count). The topological polar surface area (TPSA) is 40.5 Å². The van der Waals surface area contributed by atoms with E-state index in [1.807, 2.05) is 23.1 Å². The number of likely N-dealkylation sites (tertiary alicyclic amines) is 1. The summed E-state index contributed by atoms with van der Waals surface area (Å²) in [6.07, 6.45) is 5.35. The monoisotopic (exact) mass is 301 g/mol. The van der Waals surface area contributed by atoms with Gasteiger partial charge in [0.15, 0.2) is 0 Å². The summed E-state index contributed by atoms with van der Waals surface area (Å²) < 4.78 is 0. The molecule has 1 aliphatic carbocycles. The second-order valence-electron chi connectivity index (χ2n) is 7.00. The molecule has 1 aliphatic heterocycles. The number of hydrogen-bond acceptors (Lipinski definition) is 2. The first-order valence-electron chi connectivity index (χ1n) is 8.66. The number of aryl methyl sites for hydroxylation is 1. The van der Waals surface area contributed by atoms with Crippen molar-refractivity contribution in [2.75, 3.05) is 13.1 Å². The lowest BCUT2D eigenvalue weighted by Gasteiger charge is -2.40. The normalized spacial score (nSPS) is 31.1. The molecule has 3 nitrogen and oxygen atoms in total. The van der Waals surface area contributed by atoms with Crippen LogP contribution in [0.1, 0.15) is 44.6 Å².